The summed E-state index contributed by atoms with van der Waals surface area (Å²) < 4.78 is 0. The maximum atomic E-state index is 4.55. The first-order valence-corrected chi connectivity index (χ1v) is 9.29. The Morgan fingerprint density at radius 3 is 1.50 bits per heavy atom. The molecular weight excluding hydrogens is 384 g/mol. The summed E-state index contributed by atoms with van der Waals surface area (Å²) in [5.74, 6) is 0. The van der Waals surface area contributed by atoms with Crippen molar-refractivity contribution in [2.24, 2.45) is 0 Å². The monoisotopic (exact) mass is 411 g/mol. The molecule has 0 aliphatic carbocycles. The molecule has 0 aliphatic heterocycles. The zero-order valence-electron chi connectivity index (χ0n) is 14.4. The van der Waals surface area contributed by atoms with Gasteiger partial charge < -0.3 is 29.8 Å². The number of halogens is 2. The summed E-state index contributed by atoms with van der Waals surface area (Å²) in [6.45, 7) is 19.6. The SMILES string of the molecule is C[SiH](C)[N-]C(C)(C)C.Cc1c[c-](C)c(C)c1C.[Cl-].[Cl-].[Zr+4]. The van der Waals surface area contributed by atoms with Gasteiger partial charge in [0.1, 0.15) is 0 Å². The molecule has 0 saturated carbocycles. The summed E-state index contributed by atoms with van der Waals surface area (Å²) in [6.07, 6.45) is 0. The molecule has 1 aromatic carbocycles. The molecular formula is C15H29Cl2NSiZr. The number of hydrogen-bond donors (Lipinski definition) is 0. The second-order valence-corrected chi connectivity index (χ2v) is 8.60. The third-order valence-corrected chi connectivity index (χ3v) is 4.12. The first-order valence-electron chi connectivity index (χ1n) is 6.46. The van der Waals surface area contributed by atoms with Crippen molar-refractivity contribution >= 4 is 8.96 Å². The van der Waals surface area contributed by atoms with E-state index in [4.69, 9.17) is 0 Å². The van der Waals surface area contributed by atoms with E-state index >= 15 is 0 Å². The fourth-order valence-corrected chi connectivity index (χ4v) is 3.46. The van der Waals surface area contributed by atoms with Crippen molar-refractivity contribution in [2.75, 3.05) is 0 Å². The molecule has 1 nitrogen and oxygen atoms in total. The van der Waals surface area contributed by atoms with E-state index in [0.29, 0.717) is 0 Å². The Kier molecular flexibility index (Phi) is 18.2. The van der Waals surface area contributed by atoms with Crippen LogP contribution in [0.5, 0.6) is 0 Å². The zero-order valence-corrected chi connectivity index (χ0v) is 19.5. The Balaban J connectivity index is -0.000000112. The van der Waals surface area contributed by atoms with Crippen molar-refractivity contribution in [1.82, 2.24) is 0 Å². The molecule has 0 saturated heterocycles. The molecule has 0 aliphatic rings. The summed E-state index contributed by atoms with van der Waals surface area (Å²) in [4.78, 5) is 4.55. The van der Waals surface area contributed by atoms with Crippen molar-refractivity contribution in [3.63, 3.8) is 0 Å². The second kappa shape index (κ2) is 12.5. The van der Waals surface area contributed by atoms with Crippen molar-refractivity contribution in [3.8, 4) is 0 Å². The number of aryl methyl sites for hydroxylation is 2. The van der Waals surface area contributed by atoms with Gasteiger partial charge in [0.2, 0.25) is 0 Å². The van der Waals surface area contributed by atoms with Crippen LogP contribution in [-0.4, -0.2) is 14.5 Å². The van der Waals surface area contributed by atoms with Crippen LogP contribution in [0, 0.1) is 27.7 Å². The van der Waals surface area contributed by atoms with Gasteiger partial charge in [-0.3, -0.25) is 0 Å². The van der Waals surface area contributed by atoms with E-state index in [-0.39, 0.29) is 56.6 Å². The van der Waals surface area contributed by atoms with E-state index < -0.39 is 8.96 Å². The van der Waals surface area contributed by atoms with E-state index in [9.17, 15) is 0 Å². The van der Waals surface area contributed by atoms with Gasteiger partial charge in [0, 0.05) is 0 Å². The Morgan fingerprint density at radius 2 is 1.45 bits per heavy atom. The van der Waals surface area contributed by atoms with E-state index in [1.54, 1.807) is 0 Å². The molecule has 116 valence electrons. The van der Waals surface area contributed by atoms with Crippen molar-refractivity contribution in [1.29, 1.82) is 0 Å². The van der Waals surface area contributed by atoms with Crippen LogP contribution in [-0.2, 0) is 26.2 Å². The minimum Gasteiger partial charge on any atom is -1.00 e. The van der Waals surface area contributed by atoms with Gasteiger partial charge in [-0.25, -0.2) is 0 Å². The van der Waals surface area contributed by atoms with Crippen LogP contribution in [0.3, 0.4) is 0 Å². The summed E-state index contributed by atoms with van der Waals surface area (Å²) in [5, 5.41) is 0. The Morgan fingerprint density at radius 1 is 1.05 bits per heavy atom. The maximum Gasteiger partial charge on any atom is 4.00 e. The minimum absolute atomic E-state index is 0. The molecule has 0 unspecified atom stereocenters. The zero-order chi connectivity index (χ0) is 13.8. The Labute approximate surface area is 159 Å². The molecule has 1 rings (SSSR count). The third kappa shape index (κ3) is 12.7. The molecule has 0 radical (unpaired) electrons. The topological polar surface area (TPSA) is 14.1 Å². The number of hydrogen-bond acceptors (Lipinski definition) is 0. The number of rotatable bonds is 1. The fraction of sp³-hybridized carbons (Fsp3) is 0.667. The molecule has 0 spiro atoms. The maximum absolute atomic E-state index is 4.55. The summed E-state index contributed by atoms with van der Waals surface area (Å²) >= 11 is 0. The molecule has 20 heavy (non-hydrogen) atoms. The van der Waals surface area contributed by atoms with E-state index in [1.807, 2.05) is 0 Å². The summed E-state index contributed by atoms with van der Waals surface area (Å²) in [5.41, 5.74) is 5.95. The average molecular weight is 414 g/mol. The summed E-state index contributed by atoms with van der Waals surface area (Å²) in [7, 11) is -0.671. The standard InChI is InChI=1S/C9H13.C6H16NSi.2ClH.Zr/c1-6-5-7(2)9(4)8(6)3;1-6(2,3)7-8(4)5;;;/h5H,1-4H3;8H,1-5H3;2*1H;/q2*-1;;;+4/p-2. The van der Waals surface area contributed by atoms with Crippen LogP contribution in [0.25, 0.3) is 4.98 Å². The van der Waals surface area contributed by atoms with Crippen LogP contribution in [0.2, 0.25) is 13.1 Å². The van der Waals surface area contributed by atoms with Crippen molar-refractivity contribution < 1.29 is 51.0 Å². The molecule has 5 heteroatoms. The fourth-order valence-electron chi connectivity index (χ4n) is 1.91. The van der Waals surface area contributed by atoms with Gasteiger partial charge in [-0.15, -0.1) is 5.54 Å². The average Bonchev–Trinajstić information content (AvgIpc) is 2.30. The van der Waals surface area contributed by atoms with E-state index in [2.05, 4.69) is 72.6 Å². The smallest absolute Gasteiger partial charge is 1.00 e. The molecule has 0 fully saturated rings. The molecule has 0 bridgehead atoms. The Bertz CT molecular complexity index is 335. The van der Waals surface area contributed by atoms with Crippen LogP contribution in [0.1, 0.15) is 43.0 Å². The van der Waals surface area contributed by atoms with Crippen LogP contribution < -0.4 is 24.8 Å². The largest absolute Gasteiger partial charge is 4.00 e. The van der Waals surface area contributed by atoms with Crippen LogP contribution in [0.4, 0.5) is 0 Å². The van der Waals surface area contributed by atoms with E-state index in [1.165, 1.54) is 22.3 Å². The van der Waals surface area contributed by atoms with Crippen molar-refractivity contribution in [2.45, 2.75) is 67.1 Å². The van der Waals surface area contributed by atoms with Gasteiger partial charge in [-0.2, -0.15) is 28.3 Å². The molecule has 0 heterocycles. The van der Waals surface area contributed by atoms with Gasteiger partial charge in [-0.05, 0) is 0 Å². The van der Waals surface area contributed by atoms with Gasteiger partial charge in [-0.1, -0.05) is 70.5 Å². The third-order valence-electron chi connectivity index (χ3n) is 2.82. The van der Waals surface area contributed by atoms with Gasteiger partial charge in [0.05, 0.1) is 0 Å². The minimum atomic E-state index is -0.671. The quantitative estimate of drug-likeness (QED) is 0.405. The first kappa shape index (κ1) is 29.1. The summed E-state index contributed by atoms with van der Waals surface area (Å²) in [6, 6.07) is 2.24. The first-order chi connectivity index (χ1) is 7.54. The second-order valence-electron chi connectivity index (χ2n) is 6.15. The van der Waals surface area contributed by atoms with E-state index in [0.717, 1.165) is 0 Å². The number of nitrogens with zero attached hydrogens (tertiary/aromatic N) is 1. The van der Waals surface area contributed by atoms with Crippen LogP contribution in [0.15, 0.2) is 6.07 Å². The van der Waals surface area contributed by atoms with Gasteiger partial charge >= 0.3 is 26.2 Å². The van der Waals surface area contributed by atoms with Crippen molar-refractivity contribution in [3.05, 3.63) is 33.3 Å². The molecule has 0 atom stereocenters. The normalized spacial score (nSPS) is 9.70. The van der Waals surface area contributed by atoms with Gasteiger partial charge in [0.25, 0.3) is 0 Å². The predicted octanol–water partition coefficient (Wildman–Crippen LogP) is -1.21. The predicted molar refractivity (Wildman–Crippen MR) is 83.0 cm³/mol. The Hall–Kier alpha value is 0.990. The van der Waals surface area contributed by atoms with Gasteiger partial charge in [0.15, 0.2) is 0 Å². The molecule has 0 N–H and O–H groups in total. The molecule has 0 amide bonds. The molecule has 1 aromatic rings. The van der Waals surface area contributed by atoms with Crippen LogP contribution >= 0.6 is 0 Å². The molecule has 0 aromatic heterocycles.